The number of fused-ring (bicyclic) bond motifs is 1. The molecule has 0 saturated heterocycles. The van der Waals surface area contributed by atoms with Crippen LogP contribution in [-0.2, 0) is 27.2 Å². The van der Waals surface area contributed by atoms with Gasteiger partial charge >= 0.3 is 0 Å². The van der Waals surface area contributed by atoms with Gasteiger partial charge in [0.15, 0.2) is 5.78 Å². The highest BCUT2D eigenvalue weighted by atomic mass is 16.2. The lowest BCUT2D eigenvalue weighted by molar-refractivity contribution is -0.123. The summed E-state index contributed by atoms with van der Waals surface area (Å²) in [6.45, 7) is 0. The minimum Gasteiger partial charge on any atom is -0.351 e. The smallest absolute Gasteiger partial charge is 0.261 e. The van der Waals surface area contributed by atoms with Crippen molar-refractivity contribution in [1.29, 1.82) is 0 Å². The van der Waals surface area contributed by atoms with Crippen LogP contribution in [0.1, 0.15) is 28.9 Å². The Balaban J connectivity index is 1.31. The zero-order valence-electron chi connectivity index (χ0n) is 20.1. The second-order valence-electron chi connectivity index (χ2n) is 9.35. The zero-order chi connectivity index (χ0) is 25.8. The van der Waals surface area contributed by atoms with Crippen molar-refractivity contribution in [3.63, 3.8) is 0 Å². The Labute approximate surface area is 216 Å². The van der Waals surface area contributed by atoms with E-state index in [2.05, 4.69) is 25.3 Å². The molecule has 0 spiro atoms. The van der Waals surface area contributed by atoms with Crippen LogP contribution in [0.15, 0.2) is 84.3 Å². The number of Topliss-reactive ketones (excluding diaryl/α,β-unsaturated/α-hetero) is 1. The van der Waals surface area contributed by atoms with Crippen molar-refractivity contribution in [2.24, 2.45) is 4.99 Å². The summed E-state index contributed by atoms with van der Waals surface area (Å²) < 4.78 is 1.77. The standard InChI is InChI=1S/C28H21N7O3/c36-21(8-7-17-13-29-15-32-17)19-12-16-4-3-5-18-25(30-9-11-35(19)26(16)18)24-23(27(37)33-28(24)38)20-14-31-22-6-1-2-10-34(20)22/h1-6,9-11,13-15,19H,7-8,12H2,(H,29,32)(H,33,37,38). The predicted molar refractivity (Wildman–Crippen MR) is 139 cm³/mol. The molecule has 0 saturated carbocycles. The molecule has 10 nitrogen and oxygen atoms in total. The molecule has 7 rings (SSSR count). The van der Waals surface area contributed by atoms with Crippen LogP contribution in [0.5, 0.6) is 0 Å². The Morgan fingerprint density at radius 3 is 2.82 bits per heavy atom. The number of H-pyrrole nitrogens is 1. The molecule has 3 aromatic heterocycles. The number of imide groups is 1. The minimum absolute atomic E-state index is 0.0997. The summed E-state index contributed by atoms with van der Waals surface area (Å²) in [5.41, 5.74) is 5.31. The number of aliphatic imine (C=N–C) groups is 1. The van der Waals surface area contributed by atoms with E-state index in [0.29, 0.717) is 41.9 Å². The van der Waals surface area contributed by atoms with E-state index >= 15 is 0 Å². The van der Waals surface area contributed by atoms with E-state index in [0.717, 1.165) is 16.9 Å². The molecule has 3 aliphatic rings. The summed E-state index contributed by atoms with van der Waals surface area (Å²) in [6.07, 6.45) is 11.6. The second-order valence-corrected chi connectivity index (χ2v) is 9.35. The number of aryl methyl sites for hydroxylation is 1. The number of hydrogen-bond acceptors (Lipinski definition) is 7. The van der Waals surface area contributed by atoms with Gasteiger partial charge in [-0.2, -0.15) is 0 Å². The van der Waals surface area contributed by atoms with Crippen molar-refractivity contribution in [1.82, 2.24) is 24.7 Å². The van der Waals surface area contributed by atoms with E-state index in [4.69, 9.17) is 0 Å². The number of carbonyl (C=O) groups excluding carboxylic acids is 3. The normalized spacial score (nSPS) is 18.2. The third kappa shape index (κ3) is 3.34. The van der Waals surface area contributed by atoms with Crippen molar-refractivity contribution in [3.8, 4) is 0 Å². The first-order valence-electron chi connectivity index (χ1n) is 12.3. The van der Waals surface area contributed by atoms with Gasteiger partial charge < -0.3 is 9.88 Å². The lowest BCUT2D eigenvalue weighted by atomic mass is 9.94. The quantitative estimate of drug-likeness (QED) is 0.389. The third-order valence-electron chi connectivity index (χ3n) is 7.21. The fourth-order valence-corrected chi connectivity index (χ4v) is 5.50. The second kappa shape index (κ2) is 8.48. The van der Waals surface area contributed by atoms with Gasteiger partial charge in [-0.05, 0) is 24.1 Å². The Morgan fingerprint density at radius 1 is 1.05 bits per heavy atom. The van der Waals surface area contributed by atoms with E-state index in [1.165, 1.54) is 0 Å². The highest BCUT2D eigenvalue weighted by Crippen LogP contribution is 2.40. The molecule has 1 aromatic carbocycles. The first-order chi connectivity index (χ1) is 18.6. The molecular weight excluding hydrogens is 482 g/mol. The SMILES string of the molecule is O=C1NC(=O)C(c2cnc3ccccn23)=C1C1=NC=CN2c3c(cccc31)CC2C(=O)CCc1c[nH]cn1. The molecule has 2 N–H and O–H groups in total. The Bertz CT molecular complexity index is 1740. The number of para-hydroxylation sites is 1. The largest absolute Gasteiger partial charge is 0.351 e. The van der Waals surface area contributed by atoms with Crippen LogP contribution < -0.4 is 10.2 Å². The fourth-order valence-electron chi connectivity index (χ4n) is 5.50. The highest BCUT2D eigenvalue weighted by molar-refractivity contribution is 6.47. The van der Waals surface area contributed by atoms with Crippen LogP contribution in [0.3, 0.4) is 0 Å². The Morgan fingerprint density at radius 2 is 1.95 bits per heavy atom. The molecule has 10 heteroatoms. The first-order valence-corrected chi connectivity index (χ1v) is 12.3. The average Bonchev–Trinajstić information content (AvgIpc) is 3.69. The number of nitrogens with zero attached hydrogens (tertiary/aromatic N) is 5. The maximum absolute atomic E-state index is 13.3. The van der Waals surface area contributed by atoms with Crippen molar-refractivity contribution < 1.29 is 14.4 Å². The number of nitrogens with one attached hydrogen (secondary N) is 2. The number of rotatable bonds is 6. The van der Waals surface area contributed by atoms with Gasteiger partial charge in [-0.25, -0.2) is 9.97 Å². The van der Waals surface area contributed by atoms with E-state index < -0.39 is 11.8 Å². The number of amides is 2. The lowest BCUT2D eigenvalue weighted by Crippen LogP contribution is -2.35. The molecule has 3 aliphatic heterocycles. The Kier molecular flexibility index (Phi) is 4.93. The molecule has 1 unspecified atom stereocenters. The monoisotopic (exact) mass is 503 g/mol. The zero-order valence-corrected chi connectivity index (χ0v) is 20.1. The summed E-state index contributed by atoms with van der Waals surface area (Å²) in [4.78, 5) is 57.7. The number of benzene rings is 1. The molecule has 38 heavy (non-hydrogen) atoms. The van der Waals surface area contributed by atoms with Gasteiger partial charge in [0.2, 0.25) is 0 Å². The van der Waals surface area contributed by atoms with Crippen LogP contribution >= 0.6 is 0 Å². The number of hydrogen-bond donors (Lipinski definition) is 2. The molecular formula is C28H21N7O3. The molecule has 2 amide bonds. The van der Waals surface area contributed by atoms with Gasteiger partial charge in [0, 0.05) is 43.2 Å². The van der Waals surface area contributed by atoms with Crippen LogP contribution in [-0.4, -0.2) is 48.7 Å². The summed E-state index contributed by atoms with van der Waals surface area (Å²) in [6, 6.07) is 10.9. The molecule has 0 bridgehead atoms. The molecule has 4 aromatic rings. The Hall–Kier alpha value is -5.12. The molecule has 0 aliphatic carbocycles. The van der Waals surface area contributed by atoms with Gasteiger partial charge in [-0.15, -0.1) is 0 Å². The lowest BCUT2D eigenvalue weighted by Gasteiger charge is -2.23. The van der Waals surface area contributed by atoms with E-state index in [1.807, 2.05) is 41.3 Å². The third-order valence-corrected chi connectivity index (χ3v) is 7.21. The van der Waals surface area contributed by atoms with Crippen molar-refractivity contribution in [3.05, 3.63) is 102 Å². The van der Waals surface area contributed by atoms with Gasteiger partial charge in [-0.1, -0.05) is 24.3 Å². The topological polar surface area (TPSA) is 125 Å². The van der Waals surface area contributed by atoms with Crippen molar-refractivity contribution in [2.75, 3.05) is 4.90 Å². The maximum atomic E-state index is 13.3. The van der Waals surface area contributed by atoms with Crippen LogP contribution in [0, 0.1) is 0 Å². The van der Waals surface area contributed by atoms with Gasteiger partial charge in [-0.3, -0.25) is 29.1 Å². The first kappa shape index (κ1) is 22.1. The number of anilines is 1. The summed E-state index contributed by atoms with van der Waals surface area (Å²) >= 11 is 0. The van der Waals surface area contributed by atoms with Gasteiger partial charge in [0.1, 0.15) is 5.65 Å². The molecule has 6 heterocycles. The van der Waals surface area contributed by atoms with Crippen LogP contribution in [0.2, 0.25) is 0 Å². The number of aromatic amines is 1. The number of ketones is 1. The minimum atomic E-state index is -0.515. The number of imidazole rings is 2. The number of pyridine rings is 1. The van der Waals surface area contributed by atoms with Crippen LogP contribution in [0.25, 0.3) is 11.2 Å². The summed E-state index contributed by atoms with van der Waals surface area (Å²) in [5, 5.41) is 2.44. The van der Waals surface area contributed by atoms with Gasteiger partial charge in [0.05, 0.1) is 52.5 Å². The van der Waals surface area contributed by atoms with Crippen molar-refractivity contribution in [2.45, 2.75) is 25.3 Å². The summed E-state index contributed by atoms with van der Waals surface area (Å²) in [5.74, 6) is -0.913. The molecule has 0 fully saturated rings. The molecule has 186 valence electrons. The maximum Gasteiger partial charge on any atom is 0.261 e. The number of aromatic nitrogens is 4. The predicted octanol–water partition coefficient (Wildman–Crippen LogP) is 2.37. The average molecular weight is 504 g/mol. The van der Waals surface area contributed by atoms with E-state index in [-0.39, 0.29) is 23.0 Å². The number of carbonyl (C=O) groups is 3. The molecule has 1 atom stereocenters. The van der Waals surface area contributed by atoms with Crippen LogP contribution in [0.4, 0.5) is 5.69 Å². The van der Waals surface area contributed by atoms with Gasteiger partial charge in [0.25, 0.3) is 11.8 Å². The van der Waals surface area contributed by atoms with Crippen molar-refractivity contribution >= 4 is 40.2 Å². The fraction of sp³-hybridized carbons (Fsp3) is 0.143. The molecule has 0 radical (unpaired) electrons. The summed E-state index contributed by atoms with van der Waals surface area (Å²) in [7, 11) is 0. The van der Waals surface area contributed by atoms with E-state index in [9.17, 15) is 14.4 Å². The highest BCUT2D eigenvalue weighted by Gasteiger charge is 2.41. The van der Waals surface area contributed by atoms with E-state index in [1.54, 1.807) is 41.7 Å².